The molecule has 0 aliphatic rings. The number of rotatable bonds is 6. The van der Waals surface area contributed by atoms with Crippen LogP contribution < -0.4 is 5.32 Å². The van der Waals surface area contributed by atoms with Crippen LogP contribution in [0.4, 0.5) is 0 Å². The van der Waals surface area contributed by atoms with E-state index in [1.807, 2.05) is 0 Å². The highest BCUT2D eigenvalue weighted by atomic mass is 16.5. The highest BCUT2D eigenvalue weighted by Gasteiger charge is 1.94. The van der Waals surface area contributed by atoms with Gasteiger partial charge in [0, 0.05) is 0 Å². The van der Waals surface area contributed by atoms with Crippen molar-refractivity contribution in [1.29, 1.82) is 0 Å². The summed E-state index contributed by atoms with van der Waals surface area (Å²) in [5.41, 5.74) is 0. The fourth-order valence-corrected chi connectivity index (χ4v) is 0.973. The summed E-state index contributed by atoms with van der Waals surface area (Å²) in [6.07, 6.45) is 5.53. The minimum atomic E-state index is -0.234. The summed E-state index contributed by atoms with van der Waals surface area (Å²) in [4.78, 5) is 10.1. The van der Waals surface area contributed by atoms with Crippen LogP contribution in [-0.2, 0) is 9.53 Å². The minimum Gasteiger partial charge on any atom is -0.468 e. The first-order valence-electron chi connectivity index (χ1n) is 5.83. The lowest BCUT2D eigenvalue weighted by Gasteiger charge is -2.04. The lowest BCUT2D eigenvalue weighted by atomic mass is 10.0. The predicted octanol–water partition coefficient (Wildman–Crippen LogP) is 2.60. The zero-order valence-corrected chi connectivity index (χ0v) is 10.9. The number of nitrogens with one attached hydrogen (secondary N) is 1. The highest BCUT2D eigenvalue weighted by Crippen LogP contribution is 2.09. The van der Waals surface area contributed by atoms with E-state index in [2.05, 4.69) is 30.8 Å². The third-order valence-corrected chi connectivity index (χ3v) is 2.30. The maximum atomic E-state index is 10.1. The Labute approximate surface area is 94.6 Å². The molecule has 0 saturated heterocycles. The molecule has 15 heavy (non-hydrogen) atoms. The lowest BCUT2D eigenvalue weighted by Crippen LogP contribution is -2.19. The van der Waals surface area contributed by atoms with Gasteiger partial charge in [0.2, 0.25) is 0 Å². The van der Waals surface area contributed by atoms with Crippen molar-refractivity contribution in [2.75, 3.05) is 20.7 Å². The number of carbonyl (C=O) groups is 1. The molecule has 0 saturated carbocycles. The molecule has 0 fully saturated rings. The van der Waals surface area contributed by atoms with Crippen LogP contribution in [0.25, 0.3) is 0 Å². The number of esters is 1. The van der Waals surface area contributed by atoms with Crippen LogP contribution in [0.1, 0.15) is 46.5 Å². The Kier molecular flexibility index (Phi) is 15.1. The second-order valence-corrected chi connectivity index (χ2v) is 3.76. The monoisotopic (exact) mass is 217 g/mol. The summed E-state index contributed by atoms with van der Waals surface area (Å²) in [5.74, 6) is 0.720. The molecule has 1 N–H and O–H groups in total. The highest BCUT2D eigenvalue weighted by molar-refractivity contribution is 5.71. The van der Waals surface area contributed by atoms with Gasteiger partial charge in [-0.15, -0.1) is 0 Å². The molecular weight excluding hydrogens is 190 g/mol. The molecule has 0 radical (unpaired) electrons. The second-order valence-electron chi connectivity index (χ2n) is 3.76. The third kappa shape index (κ3) is 16.1. The van der Waals surface area contributed by atoms with Gasteiger partial charge in [0.25, 0.3) is 0 Å². The number of likely N-dealkylation sites (N-methyl/N-ethyl adjacent to an activating group) is 1. The fourth-order valence-electron chi connectivity index (χ4n) is 0.973. The minimum absolute atomic E-state index is 0.234. The molecule has 1 unspecified atom stereocenters. The van der Waals surface area contributed by atoms with E-state index in [1.54, 1.807) is 7.05 Å². The molecule has 0 aromatic heterocycles. The molecule has 0 rings (SSSR count). The lowest BCUT2D eigenvalue weighted by molar-refractivity contribution is -0.139. The van der Waals surface area contributed by atoms with Crippen molar-refractivity contribution in [1.82, 2.24) is 5.32 Å². The van der Waals surface area contributed by atoms with Crippen LogP contribution in [0.2, 0.25) is 0 Å². The molecule has 0 aromatic rings. The second kappa shape index (κ2) is 13.4. The van der Waals surface area contributed by atoms with E-state index in [-0.39, 0.29) is 12.5 Å². The Morgan fingerprint density at radius 3 is 2.27 bits per heavy atom. The standard InChI is InChI=1S/C8H18.C4H9NO2/c1-4-6-7-8(3)5-2;1-5-3-4(6)7-2/h8H,4-7H2,1-3H3;5H,3H2,1-2H3. The van der Waals surface area contributed by atoms with Gasteiger partial charge in [0.15, 0.2) is 0 Å². The number of carbonyl (C=O) groups excluding carboxylic acids is 1. The van der Waals surface area contributed by atoms with Gasteiger partial charge in [0.1, 0.15) is 0 Å². The van der Waals surface area contributed by atoms with Gasteiger partial charge in [-0.25, -0.2) is 0 Å². The van der Waals surface area contributed by atoms with Crippen LogP contribution in [0.5, 0.6) is 0 Å². The molecule has 3 nitrogen and oxygen atoms in total. The third-order valence-electron chi connectivity index (χ3n) is 2.30. The van der Waals surface area contributed by atoms with E-state index < -0.39 is 0 Å². The van der Waals surface area contributed by atoms with E-state index in [4.69, 9.17) is 0 Å². The Morgan fingerprint density at radius 1 is 1.40 bits per heavy atom. The first-order valence-corrected chi connectivity index (χ1v) is 5.83. The van der Waals surface area contributed by atoms with Crippen molar-refractivity contribution in [2.24, 2.45) is 5.92 Å². The quantitative estimate of drug-likeness (QED) is 0.695. The zero-order chi connectivity index (χ0) is 12.1. The van der Waals surface area contributed by atoms with Crippen molar-refractivity contribution < 1.29 is 9.53 Å². The van der Waals surface area contributed by atoms with Gasteiger partial charge in [-0.05, 0) is 13.0 Å². The van der Waals surface area contributed by atoms with Crippen molar-refractivity contribution in [3.8, 4) is 0 Å². The maximum Gasteiger partial charge on any atom is 0.319 e. The zero-order valence-electron chi connectivity index (χ0n) is 10.9. The summed E-state index contributed by atoms with van der Waals surface area (Å²) in [5, 5.41) is 2.64. The first-order chi connectivity index (χ1) is 7.12. The summed E-state index contributed by atoms with van der Waals surface area (Å²) in [7, 11) is 3.05. The van der Waals surface area contributed by atoms with Gasteiger partial charge >= 0.3 is 5.97 Å². The summed E-state index contributed by atoms with van der Waals surface area (Å²) >= 11 is 0. The average molecular weight is 217 g/mol. The Morgan fingerprint density at radius 2 is 2.00 bits per heavy atom. The van der Waals surface area contributed by atoms with E-state index >= 15 is 0 Å². The number of hydrogen-bond acceptors (Lipinski definition) is 3. The molecular formula is C12H27NO2. The molecule has 0 aliphatic heterocycles. The molecule has 0 heterocycles. The topological polar surface area (TPSA) is 38.3 Å². The average Bonchev–Trinajstić information content (AvgIpc) is 2.26. The number of unbranched alkanes of at least 4 members (excludes halogenated alkanes) is 1. The molecule has 0 bridgehead atoms. The Hall–Kier alpha value is -0.570. The van der Waals surface area contributed by atoms with E-state index in [9.17, 15) is 4.79 Å². The largest absolute Gasteiger partial charge is 0.468 e. The summed E-state index contributed by atoms with van der Waals surface area (Å²) in [6.45, 7) is 7.13. The van der Waals surface area contributed by atoms with Crippen LogP contribution >= 0.6 is 0 Å². The van der Waals surface area contributed by atoms with Crippen LogP contribution in [0.3, 0.4) is 0 Å². The van der Waals surface area contributed by atoms with Gasteiger partial charge < -0.3 is 10.1 Å². The number of hydrogen-bond donors (Lipinski definition) is 1. The van der Waals surface area contributed by atoms with E-state index in [1.165, 1.54) is 32.8 Å². The summed E-state index contributed by atoms with van der Waals surface area (Å²) in [6, 6.07) is 0. The Bertz CT molecular complexity index is 138. The van der Waals surface area contributed by atoms with E-state index in [0.717, 1.165) is 5.92 Å². The van der Waals surface area contributed by atoms with Crippen molar-refractivity contribution >= 4 is 5.97 Å². The van der Waals surface area contributed by atoms with Gasteiger partial charge in [0.05, 0.1) is 13.7 Å². The van der Waals surface area contributed by atoms with E-state index in [0.29, 0.717) is 0 Å². The first kappa shape index (κ1) is 16.8. The molecule has 0 aliphatic carbocycles. The van der Waals surface area contributed by atoms with Gasteiger partial charge in [-0.2, -0.15) is 0 Å². The Balaban J connectivity index is 0. The molecule has 3 heteroatoms. The van der Waals surface area contributed by atoms with Crippen LogP contribution in [0, 0.1) is 5.92 Å². The molecule has 0 spiro atoms. The van der Waals surface area contributed by atoms with Crippen LogP contribution in [0.15, 0.2) is 0 Å². The molecule has 1 atom stereocenters. The van der Waals surface area contributed by atoms with Crippen LogP contribution in [-0.4, -0.2) is 26.7 Å². The molecule has 0 aromatic carbocycles. The normalized spacial score (nSPS) is 11.3. The predicted molar refractivity (Wildman–Crippen MR) is 64.9 cm³/mol. The maximum absolute atomic E-state index is 10.1. The van der Waals surface area contributed by atoms with Gasteiger partial charge in [-0.1, -0.05) is 46.5 Å². The van der Waals surface area contributed by atoms with Gasteiger partial charge in [-0.3, -0.25) is 4.79 Å². The van der Waals surface area contributed by atoms with Crippen molar-refractivity contribution in [3.05, 3.63) is 0 Å². The SMILES string of the molecule is CCCCC(C)CC.CNCC(=O)OC. The van der Waals surface area contributed by atoms with Crippen molar-refractivity contribution in [2.45, 2.75) is 46.5 Å². The fraction of sp³-hybridized carbons (Fsp3) is 0.917. The molecule has 92 valence electrons. The molecule has 0 amide bonds. The number of methoxy groups -OCH3 is 1. The summed E-state index contributed by atoms with van der Waals surface area (Å²) < 4.78 is 4.29. The van der Waals surface area contributed by atoms with Crippen molar-refractivity contribution in [3.63, 3.8) is 0 Å². The number of ether oxygens (including phenoxy) is 1. The smallest absolute Gasteiger partial charge is 0.319 e.